The van der Waals surface area contributed by atoms with Crippen molar-refractivity contribution in [3.8, 4) is 0 Å². The number of pyridine rings is 1. The molecule has 0 bridgehead atoms. The van der Waals surface area contributed by atoms with Gasteiger partial charge in [-0.05, 0) is 37.8 Å². The molecule has 0 radical (unpaired) electrons. The van der Waals surface area contributed by atoms with Gasteiger partial charge in [-0.1, -0.05) is 0 Å². The van der Waals surface area contributed by atoms with Crippen LogP contribution in [0.4, 0.5) is 5.69 Å². The van der Waals surface area contributed by atoms with E-state index in [-0.39, 0.29) is 18.4 Å². The molecule has 1 heterocycles. The number of carbonyl (C=O) groups excluding carboxylic acids is 1. The van der Waals surface area contributed by atoms with Gasteiger partial charge in [0.2, 0.25) is 5.91 Å². The number of carbonyl (C=O) groups is 1. The number of hydrogen-bond acceptors (Lipinski definition) is 4. The van der Waals surface area contributed by atoms with Crippen molar-refractivity contribution in [2.24, 2.45) is 11.7 Å². The first-order valence-corrected chi connectivity index (χ1v) is 6.66. The second-order valence-corrected chi connectivity index (χ2v) is 5.31. The largest absolute Gasteiger partial charge is 0.389 e. The van der Waals surface area contributed by atoms with Crippen molar-refractivity contribution in [1.29, 1.82) is 0 Å². The zero-order chi connectivity index (χ0) is 13.9. The van der Waals surface area contributed by atoms with E-state index in [0.717, 1.165) is 5.69 Å². The van der Waals surface area contributed by atoms with E-state index < -0.39 is 5.60 Å². The van der Waals surface area contributed by atoms with Gasteiger partial charge in [-0.15, -0.1) is 0 Å². The highest BCUT2D eigenvalue weighted by atomic mass is 16.3. The highest BCUT2D eigenvalue weighted by Crippen LogP contribution is 2.32. The van der Waals surface area contributed by atoms with Gasteiger partial charge < -0.3 is 15.7 Å². The van der Waals surface area contributed by atoms with Crippen molar-refractivity contribution in [3.05, 3.63) is 24.5 Å². The zero-order valence-corrected chi connectivity index (χ0v) is 11.2. The van der Waals surface area contributed by atoms with Crippen LogP contribution in [0.25, 0.3) is 0 Å². The van der Waals surface area contributed by atoms with Crippen LogP contribution in [0.1, 0.15) is 25.7 Å². The van der Waals surface area contributed by atoms with Crippen LogP contribution in [-0.2, 0) is 4.79 Å². The van der Waals surface area contributed by atoms with E-state index in [1.54, 1.807) is 24.3 Å². The Hall–Kier alpha value is -1.46. The summed E-state index contributed by atoms with van der Waals surface area (Å²) in [6.07, 6.45) is 5.94. The average Bonchev–Trinajstić information content (AvgIpc) is 2.47. The highest BCUT2D eigenvalue weighted by Gasteiger charge is 2.35. The van der Waals surface area contributed by atoms with E-state index in [0.29, 0.717) is 25.7 Å². The molecular formula is C14H21N3O2. The predicted octanol–water partition coefficient (Wildman–Crippen LogP) is 0.924. The summed E-state index contributed by atoms with van der Waals surface area (Å²) >= 11 is 0. The topological polar surface area (TPSA) is 79.5 Å². The summed E-state index contributed by atoms with van der Waals surface area (Å²) in [4.78, 5) is 18.0. The first-order valence-electron chi connectivity index (χ1n) is 6.66. The molecule has 104 valence electrons. The van der Waals surface area contributed by atoms with Gasteiger partial charge in [0.15, 0.2) is 0 Å². The Morgan fingerprint density at radius 1 is 1.47 bits per heavy atom. The Labute approximate surface area is 113 Å². The lowest BCUT2D eigenvalue weighted by atomic mass is 9.78. The molecule has 1 saturated carbocycles. The SMILES string of the molecule is CN(C(=O)C1CCC(O)(CN)CC1)c1ccncc1. The minimum atomic E-state index is -0.772. The van der Waals surface area contributed by atoms with Crippen LogP contribution in [0.3, 0.4) is 0 Å². The minimum Gasteiger partial charge on any atom is -0.389 e. The first-order chi connectivity index (χ1) is 9.06. The van der Waals surface area contributed by atoms with Crippen molar-refractivity contribution in [2.45, 2.75) is 31.3 Å². The van der Waals surface area contributed by atoms with Gasteiger partial charge >= 0.3 is 0 Å². The molecule has 0 aromatic carbocycles. The third-order valence-electron chi connectivity index (χ3n) is 4.03. The molecule has 19 heavy (non-hydrogen) atoms. The fourth-order valence-electron chi connectivity index (χ4n) is 2.57. The maximum atomic E-state index is 12.4. The van der Waals surface area contributed by atoms with E-state index in [1.807, 2.05) is 12.1 Å². The van der Waals surface area contributed by atoms with Crippen LogP contribution in [0.5, 0.6) is 0 Å². The molecule has 1 aromatic heterocycles. The van der Waals surface area contributed by atoms with Crippen molar-refractivity contribution in [1.82, 2.24) is 4.98 Å². The standard InChI is InChI=1S/C14H21N3O2/c1-17(12-4-8-16-9-5-12)13(18)11-2-6-14(19,10-15)7-3-11/h4-5,8-9,11,19H,2-3,6-7,10,15H2,1H3. The molecule has 0 spiro atoms. The number of aromatic nitrogens is 1. The molecule has 2 rings (SSSR count). The van der Waals surface area contributed by atoms with E-state index in [2.05, 4.69) is 4.98 Å². The lowest BCUT2D eigenvalue weighted by Crippen LogP contribution is -2.44. The average molecular weight is 263 g/mol. The Morgan fingerprint density at radius 3 is 2.58 bits per heavy atom. The number of nitrogens with zero attached hydrogens (tertiary/aromatic N) is 2. The van der Waals surface area contributed by atoms with Crippen molar-refractivity contribution >= 4 is 11.6 Å². The monoisotopic (exact) mass is 263 g/mol. The summed E-state index contributed by atoms with van der Waals surface area (Å²) in [5, 5.41) is 10.1. The Bertz CT molecular complexity index is 428. The van der Waals surface area contributed by atoms with E-state index >= 15 is 0 Å². The van der Waals surface area contributed by atoms with Gasteiger partial charge in [-0.2, -0.15) is 0 Å². The molecule has 1 fully saturated rings. The molecule has 0 aliphatic heterocycles. The van der Waals surface area contributed by atoms with Crippen molar-refractivity contribution < 1.29 is 9.90 Å². The third kappa shape index (κ3) is 3.11. The molecule has 0 unspecified atom stereocenters. The van der Waals surface area contributed by atoms with Gasteiger partial charge in [-0.25, -0.2) is 0 Å². The molecule has 1 aliphatic carbocycles. The first kappa shape index (κ1) is 14.0. The molecule has 3 N–H and O–H groups in total. The fraction of sp³-hybridized carbons (Fsp3) is 0.571. The summed E-state index contributed by atoms with van der Waals surface area (Å²) in [5.41, 5.74) is 5.63. The summed E-state index contributed by atoms with van der Waals surface area (Å²) in [6, 6.07) is 3.63. The van der Waals surface area contributed by atoms with Crippen LogP contribution in [0.15, 0.2) is 24.5 Å². The molecule has 0 atom stereocenters. The van der Waals surface area contributed by atoms with Crippen LogP contribution >= 0.6 is 0 Å². The third-order valence-corrected chi connectivity index (χ3v) is 4.03. The Morgan fingerprint density at radius 2 is 2.05 bits per heavy atom. The Balaban J connectivity index is 1.98. The number of rotatable bonds is 3. The molecule has 5 heteroatoms. The summed E-state index contributed by atoms with van der Waals surface area (Å²) < 4.78 is 0. The minimum absolute atomic E-state index is 0.0232. The van der Waals surface area contributed by atoms with Gasteiger partial charge in [0.1, 0.15) is 0 Å². The van der Waals surface area contributed by atoms with E-state index in [1.165, 1.54) is 0 Å². The van der Waals surface area contributed by atoms with Crippen molar-refractivity contribution in [2.75, 3.05) is 18.5 Å². The molecular weight excluding hydrogens is 242 g/mol. The molecule has 1 aliphatic rings. The summed E-state index contributed by atoms with van der Waals surface area (Å²) in [5.74, 6) is 0.0789. The fourth-order valence-corrected chi connectivity index (χ4v) is 2.57. The molecule has 1 amide bonds. The van der Waals surface area contributed by atoms with Gasteiger partial charge in [0.05, 0.1) is 5.60 Å². The number of nitrogens with two attached hydrogens (primary N) is 1. The van der Waals surface area contributed by atoms with E-state index in [9.17, 15) is 9.90 Å². The van der Waals surface area contributed by atoms with Gasteiger partial charge in [0.25, 0.3) is 0 Å². The van der Waals surface area contributed by atoms with Gasteiger partial charge in [-0.3, -0.25) is 9.78 Å². The molecule has 1 aromatic rings. The lowest BCUT2D eigenvalue weighted by Gasteiger charge is -2.35. The number of anilines is 1. The van der Waals surface area contributed by atoms with E-state index in [4.69, 9.17) is 5.73 Å². The van der Waals surface area contributed by atoms with Gasteiger partial charge in [0, 0.05) is 37.6 Å². The molecule has 5 nitrogen and oxygen atoms in total. The quantitative estimate of drug-likeness (QED) is 0.850. The summed E-state index contributed by atoms with van der Waals surface area (Å²) in [7, 11) is 1.78. The second kappa shape index (κ2) is 5.67. The van der Waals surface area contributed by atoms with Crippen LogP contribution in [-0.4, -0.2) is 35.2 Å². The summed E-state index contributed by atoms with van der Waals surface area (Å²) in [6.45, 7) is 0.272. The lowest BCUT2D eigenvalue weighted by molar-refractivity contribution is -0.124. The molecule has 0 saturated heterocycles. The Kier molecular flexibility index (Phi) is 4.17. The zero-order valence-electron chi connectivity index (χ0n) is 11.2. The number of aliphatic hydroxyl groups is 1. The number of amides is 1. The number of hydrogen-bond donors (Lipinski definition) is 2. The highest BCUT2D eigenvalue weighted by molar-refractivity contribution is 5.94. The van der Waals surface area contributed by atoms with Crippen LogP contribution in [0.2, 0.25) is 0 Å². The maximum Gasteiger partial charge on any atom is 0.229 e. The maximum absolute atomic E-state index is 12.4. The van der Waals surface area contributed by atoms with Crippen molar-refractivity contribution in [3.63, 3.8) is 0 Å². The predicted molar refractivity (Wildman–Crippen MR) is 73.6 cm³/mol. The van der Waals surface area contributed by atoms with Crippen LogP contribution in [0, 0.1) is 5.92 Å². The second-order valence-electron chi connectivity index (χ2n) is 5.31. The smallest absolute Gasteiger partial charge is 0.229 e. The normalized spacial score (nSPS) is 27.0. The van der Waals surface area contributed by atoms with Crippen LogP contribution < -0.4 is 10.6 Å².